The Bertz CT molecular complexity index is 638. The number of hydrogen-bond donors (Lipinski definition) is 1. The molecule has 2 aromatic carbocycles. The third kappa shape index (κ3) is 4.07. The van der Waals surface area contributed by atoms with Crippen molar-refractivity contribution in [1.29, 1.82) is 0 Å². The van der Waals surface area contributed by atoms with E-state index >= 15 is 0 Å². The van der Waals surface area contributed by atoms with Gasteiger partial charge in [0.1, 0.15) is 11.9 Å². The standard InChI is InChI=1S/C18H18F3NO2/c19-18(20,21)14-8-6-13(7-9-14)17(16-12-22-10-11-23-16)24-15-4-2-1-3-5-15/h1-9,16-17,22H,10-12H2. The molecule has 3 rings (SSSR count). The highest BCUT2D eigenvalue weighted by atomic mass is 19.4. The zero-order valence-electron chi connectivity index (χ0n) is 12.9. The average Bonchev–Trinajstić information content (AvgIpc) is 2.61. The Labute approximate surface area is 138 Å². The highest BCUT2D eigenvalue weighted by molar-refractivity contribution is 5.29. The molecule has 1 aliphatic rings. The lowest BCUT2D eigenvalue weighted by atomic mass is 10.0. The van der Waals surface area contributed by atoms with Crippen molar-refractivity contribution in [2.24, 2.45) is 0 Å². The Morgan fingerprint density at radius 3 is 2.33 bits per heavy atom. The normalized spacial score (nSPS) is 19.7. The van der Waals surface area contributed by atoms with Crippen LogP contribution in [0.15, 0.2) is 54.6 Å². The fourth-order valence-corrected chi connectivity index (χ4v) is 2.65. The third-order valence-corrected chi connectivity index (χ3v) is 3.87. The molecule has 1 fully saturated rings. The SMILES string of the molecule is FC(F)(F)c1ccc(C(Oc2ccccc2)C2CNCCO2)cc1. The fourth-order valence-electron chi connectivity index (χ4n) is 2.65. The van der Waals surface area contributed by atoms with Gasteiger partial charge in [-0.05, 0) is 29.8 Å². The molecule has 0 aromatic heterocycles. The summed E-state index contributed by atoms with van der Waals surface area (Å²) >= 11 is 0. The molecular weight excluding hydrogens is 319 g/mol. The van der Waals surface area contributed by atoms with E-state index in [9.17, 15) is 13.2 Å². The number of alkyl halides is 3. The van der Waals surface area contributed by atoms with Gasteiger partial charge in [0.2, 0.25) is 0 Å². The van der Waals surface area contributed by atoms with Crippen molar-refractivity contribution in [2.45, 2.75) is 18.4 Å². The van der Waals surface area contributed by atoms with Crippen LogP contribution in [0, 0.1) is 0 Å². The topological polar surface area (TPSA) is 30.5 Å². The van der Waals surface area contributed by atoms with Crippen LogP contribution in [0.5, 0.6) is 5.75 Å². The smallest absolute Gasteiger partial charge is 0.416 e. The van der Waals surface area contributed by atoms with E-state index in [1.807, 2.05) is 30.3 Å². The maximum Gasteiger partial charge on any atom is 0.416 e. The molecule has 0 radical (unpaired) electrons. The number of halogens is 3. The Morgan fingerprint density at radius 2 is 1.75 bits per heavy atom. The molecular formula is C18H18F3NO2. The van der Waals surface area contributed by atoms with Crippen LogP contribution in [0.4, 0.5) is 13.2 Å². The Balaban J connectivity index is 1.85. The van der Waals surface area contributed by atoms with Crippen molar-refractivity contribution in [3.05, 3.63) is 65.7 Å². The molecule has 24 heavy (non-hydrogen) atoms. The van der Waals surface area contributed by atoms with E-state index in [2.05, 4.69) is 5.32 Å². The lowest BCUT2D eigenvalue weighted by Crippen LogP contribution is -2.43. The maximum absolute atomic E-state index is 12.8. The summed E-state index contributed by atoms with van der Waals surface area (Å²) < 4.78 is 50.0. The molecule has 1 aliphatic heterocycles. The molecule has 2 unspecified atom stereocenters. The predicted octanol–water partition coefficient (Wildman–Crippen LogP) is 3.81. The van der Waals surface area contributed by atoms with E-state index in [1.54, 1.807) is 0 Å². The molecule has 2 aromatic rings. The first-order valence-corrected chi connectivity index (χ1v) is 7.75. The summed E-state index contributed by atoms with van der Waals surface area (Å²) in [6.07, 6.45) is -5.10. The van der Waals surface area contributed by atoms with Gasteiger partial charge in [-0.2, -0.15) is 13.2 Å². The second kappa shape index (κ2) is 7.23. The van der Waals surface area contributed by atoms with E-state index in [0.717, 1.165) is 18.7 Å². The summed E-state index contributed by atoms with van der Waals surface area (Å²) in [5, 5.41) is 3.22. The van der Waals surface area contributed by atoms with Crippen molar-refractivity contribution < 1.29 is 22.6 Å². The van der Waals surface area contributed by atoms with Gasteiger partial charge in [0, 0.05) is 13.1 Å². The van der Waals surface area contributed by atoms with Gasteiger partial charge in [-0.3, -0.25) is 0 Å². The van der Waals surface area contributed by atoms with Gasteiger partial charge in [0.25, 0.3) is 0 Å². The number of para-hydroxylation sites is 1. The van der Waals surface area contributed by atoms with Crippen molar-refractivity contribution in [3.8, 4) is 5.75 Å². The Hall–Kier alpha value is -2.05. The molecule has 3 nitrogen and oxygen atoms in total. The second-order valence-electron chi connectivity index (χ2n) is 5.58. The number of hydrogen-bond acceptors (Lipinski definition) is 3. The molecule has 0 amide bonds. The van der Waals surface area contributed by atoms with Crippen LogP contribution >= 0.6 is 0 Å². The molecule has 6 heteroatoms. The number of morpholine rings is 1. The molecule has 0 bridgehead atoms. The average molecular weight is 337 g/mol. The molecule has 0 aliphatic carbocycles. The van der Waals surface area contributed by atoms with Crippen molar-refractivity contribution >= 4 is 0 Å². The van der Waals surface area contributed by atoms with Gasteiger partial charge in [0.15, 0.2) is 6.10 Å². The summed E-state index contributed by atoms with van der Waals surface area (Å²) in [5.74, 6) is 0.650. The summed E-state index contributed by atoms with van der Waals surface area (Å²) in [6.45, 7) is 1.88. The summed E-state index contributed by atoms with van der Waals surface area (Å²) in [7, 11) is 0. The van der Waals surface area contributed by atoms with Gasteiger partial charge in [0.05, 0.1) is 12.2 Å². The van der Waals surface area contributed by atoms with Crippen LogP contribution in [-0.4, -0.2) is 25.8 Å². The summed E-state index contributed by atoms with van der Waals surface area (Å²) in [4.78, 5) is 0. The Kier molecular flexibility index (Phi) is 5.06. The zero-order chi connectivity index (χ0) is 17.0. The van der Waals surface area contributed by atoms with Crippen LogP contribution in [0.1, 0.15) is 17.2 Å². The minimum absolute atomic E-state index is 0.268. The van der Waals surface area contributed by atoms with Gasteiger partial charge < -0.3 is 14.8 Å². The van der Waals surface area contributed by atoms with E-state index in [0.29, 0.717) is 24.5 Å². The van der Waals surface area contributed by atoms with Crippen molar-refractivity contribution in [1.82, 2.24) is 5.32 Å². The van der Waals surface area contributed by atoms with E-state index in [-0.39, 0.29) is 6.10 Å². The monoisotopic (exact) mass is 337 g/mol. The molecule has 2 atom stereocenters. The van der Waals surface area contributed by atoms with Crippen molar-refractivity contribution in [2.75, 3.05) is 19.7 Å². The van der Waals surface area contributed by atoms with Crippen LogP contribution in [0.3, 0.4) is 0 Å². The summed E-state index contributed by atoms with van der Waals surface area (Å²) in [6, 6.07) is 14.3. The number of benzene rings is 2. The lowest BCUT2D eigenvalue weighted by molar-refractivity contribution is -0.137. The zero-order valence-corrected chi connectivity index (χ0v) is 12.9. The molecule has 1 heterocycles. The molecule has 1 saturated heterocycles. The maximum atomic E-state index is 12.8. The van der Waals surface area contributed by atoms with Crippen LogP contribution in [-0.2, 0) is 10.9 Å². The highest BCUT2D eigenvalue weighted by Gasteiger charge is 2.32. The van der Waals surface area contributed by atoms with Gasteiger partial charge in [-0.15, -0.1) is 0 Å². The minimum atomic E-state index is -4.35. The largest absolute Gasteiger partial charge is 0.483 e. The first-order chi connectivity index (χ1) is 11.5. The molecule has 0 saturated carbocycles. The van der Waals surface area contributed by atoms with Crippen molar-refractivity contribution in [3.63, 3.8) is 0 Å². The lowest BCUT2D eigenvalue weighted by Gasteiger charge is -2.31. The number of nitrogens with one attached hydrogen (secondary N) is 1. The fraction of sp³-hybridized carbons (Fsp3) is 0.333. The first kappa shape index (κ1) is 16.8. The van der Waals surface area contributed by atoms with Crippen LogP contribution < -0.4 is 10.1 Å². The highest BCUT2D eigenvalue weighted by Crippen LogP contribution is 2.32. The van der Waals surface area contributed by atoms with E-state index in [1.165, 1.54) is 12.1 Å². The number of ether oxygens (including phenoxy) is 2. The van der Waals surface area contributed by atoms with Gasteiger partial charge >= 0.3 is 6.18 Å². The van der Waals surface area contributed by atoms with E-state index < -0.39 is 17.8 Å². The second-order valence-corrected chi connectivity index (χ2v) is 5.58. The third-order valence-electron chi connectivity index (χ3n) is 3.87. The van der Waals surface area contributed by atoms with Crippen LogP contribution in [0.25, 0.3) is 0 Å². The van der Waals surface area contributed by atoms with Gasteiger partial charge in [-0.1, -0.05) is 30.3 Å². The quantitative estimate of drug-likeness (QED) is 0.920. The van der Waals surface area contributed by atoms with Gasteiger partial charge in [-0.25, -0.2) is 0 Å². The van der Waals surface area contributed by atoms with Crippen LogP contribution in [0.2, 0.25) is 0 Å². The molecule has 0 spiro atoms. The minimum Gasteiger partial charge on any atom is -0.483 e. The molecule has 1 N–H and O–H groups in total. The molecule has 128 valence electrons. The Morgan fingerprint density at radius 1 is 1.04 bits per heavy atom. The predicted molar refractivity (Wildman–Crippen MR) is 83.9 cm³/mol. The van der Waals surface area contributed by atoms with E-state index in [4.69, 9.17) is 9.47 Å². The first-order valence-electron chi connectivity index (χ1n) is 7.75. The number of rotatable bonds is 4. The summed E-state index contributed by atoms with van der Waals surface area (Å²) in [5.41, 5.74) is -0.0204.